The molecule has 0 aliphatic rings. The quantitative estimate of drug-likeness (QED) is 0.793. The summed E-state index contributed by atoms with van der Waals surface area (Å²) in [7, 11) is 4.31. The van der Waals surface area contributed by atoms with Crippen molar-refractivity contribution in [2.45, 2.75) is 0 Å². The van der Waals surface area contributed by atoms with Gasteiger partial charge < -0.3 is 9.64 Å². The van der Waals surface area contributed by atoms with Gasteiger partial charge in [-0.2, -0.15) is 0 Å². The molecule has 7 heteroatoms. The summed E-state index contributed by atoms with van der Waals surface area (Å²) >= 11 is 0. The third-order valence-electron chi connectivity index (χ3n) is 3.13. The van der Waals surface area contributed by atoms with E-state index in [9.17, 15) is 9.70 Å². The molecule has 1 aromatic heterocycles. The Labute approximate surface area is 127 Å². The number of anilines is 1. The van der Waals surface area contributed by atoms with Crippen LogP contribution in [0.15, 0.2) is 42.7 Å². The number of hydrogen-bond acceptors (Lipinski definition) is 5. The van der Waals surface area contributed by atoms with E-state index >= 15 is 0 Å². The van der Waals surface area contributed by atoms with Gasteiger partial charge >= 0.3 is 5.69 Å². The van der Waals surface area contributed by atoms with Crippen LogP contribution in [0.25, 0.3) is 0 Å². The van der Waals surface area contributed by atoms with Crippen LogP contribution >= 0.6 is 0 Å². The average molecular weight is 302 g/mol. The first-order valence-corrected chi connectivity index (χ1v) is 6.46. The molecule has 1 heterocycles. The zero-order chi connectivity index (χ0) is 16.1. The van der Waals surface area contributed by atoms with Crippen molar-refractivity contribution in [2.75, 3.05) is 26.2 Å². The summed E-state index contributed by atoms with van der Waals surface area (Å²) in [5.74, 6) is 0.0406. The Hall–Kier alpha value is -2.96. The van der Waals surface area contributed by atoms with Crippen molar-refractivity contribution < 1.29 is 19.3 Å². The normalized spacial score (nSPS) is 9.95. The number of carbonyl (C=O) groups excluding carboxylic acids is 1. The third-order valence-corrected chi connectivity index (χ3v) is 3.13. The van der Waals surface area contributed by atoms with Gasteiger partial charge in [-0.1, -0.05) is 0 Å². The zero-order valence-corrected chi connectivity index (χ0v) is 12.5. The number of methoxy groups -OCH3 is 1. The Balaban J connectivity index is 2.36. The van der Waals surface area contributed by atoms with Gasteiger partial charge in [0.2, 0.25) is 5.75 Å². The van der Waals surface area contributed by atoms with Gasteiger partial charge in [-0.25, -0.2) is 4.84 Å². The fourth-order valence-corrected chi connectivity index (χ4v) is 1.93. The van der Waals surface area contributed by atoms with Crippen LogP contribution in [-0.2, 0) is 4.84 Å². The van der Waals surface area contributed by atoms with Gasteiger partial charge in [0.1, 0.15) is 0 Å². The van der Waals surface area contributed by atoms with Gasteiger partial charge in [-0.05, 0) is 24.3 Å². The van der Waals surface area contributed by atoms with E-state index in [-0.39, 0.29) is 11.6 Å². The Morgan fingerprint density at radius 2 is 2.05 bits per heavy atom. The first-order chi connectivity index (χ1) is 10.6. The van der Waals surface area contributed by atoms with Gasteiger partial charge in [-0.15, -0.1) is 0 Å². The van der Waals surface area contributed by atoms with Crippen LogP contribution in [0.4, 0.5) is 11.4 Å². The standard InChI is InChI=1S/C15H16N3O4/c1-17(12-5-4-8-16-10-12)15(19)11-6-7-14(21-2)13(9-11)18(20)22-3/h4-10H,1-3H3/q+1. The summed E-state index contributed by atoms with van der Waals surface area (Å²) in [5, 5.41) is 0. The van der Waals surface area contributed by atoms with Crippen molar-refractivity contribution in [1.29, 1.82) is 0 Å². The van der Waals surface area contributed by atoms with Gasteiger partial charge in [-0.3, -0.25) is 9.78 Å². The monoisotopic (exact) mass is 302 g/mol. The molecule has 0 unspecified atom stereocenters. The number of benzene rings is 1. The maximum atomic E-state index is 12.5. The SMILES string of the molecule is COc1ccc(C(=O)N(C)c2cccnc2)cc1[N+](=O)OC. The molecule has 0 aliphatic carbocycles. The number of aromatic nitrogens is 1. The summed E-state index contributed by atoms with van der Waals surface area (Å²) in [5.41, 5.74) is 1.10. The van der Waals surface area contributed by atoms with E-state index in [0.717, 1.165) is 0 Å². The molecule has 0 bridgehead atoms. The minimum atomic E-state index is -0.276. The fourth-order valence-electron chi connectivity index (χ4n) is 1.93. The number of nitrogens with zero attached hydrogens (tertiary/aromatic N) is 3. The second-order valence-corrected chi connectivity index (χ2v) is 4.40. The highest BCUT2D eigenvalue weighted by Gasteiger charge is 2.25. The minimum absolute atomic E-state index is 0.121. The van der Waals surface area contributed by atoms with E-state index in [1.54, 1.807) is 43.7 Å². The predicted molar refractivity (Wildman–Crippen MR) is 80.3 cm³/mol. The van der Waals surface area contributed by atoms with E-state index in [2.05, 4.69) is 9.82 Å². The van der Waals surface area contributed by atoms with E-state index < -0.39 is 0 Å². The molecule has 2 rings (SSSR count). The highest BCUT2D eigenvalue weighted by Crippen LogP contribution is 2.28. The molecule has 0 atom stereocenters. The van der Waals surface area contributed by atoms with E-state index in [1.807, 2.05) is 0 Å². The third kappa shape index (κ3) is 3.03. The van der Waals surface area contributed by atoms with Gasteiger partial charge in [0.15, 0.2) is 7.11 Å². The van der Waals surface area contributed by atoms with Crippen molar-refractivity contribution >= 4 is 17.3 Å². The molecular weight excluding hydrogens is 286 g/mol. The lowest BCUT2D eigenvalue weighted by Gasteiger charge is -2.16. The molecule has 2 aromatic rings. The highest BCUT2D eigenvalue weighted by atomic mass is 16.8. The molecule has 0 N–H and O–H groups in total. The van der Waals surface area contributed by atoms with Crippen LogP contribution in [0, 0.1) is 4.91 Å². The molecule has 0 fully saturated rings. The Morgan fingerprint density at radius 1 is 1.27 bits per heavy atom. The smallest absolute Gasteiger partial charge is 0.358 e. The zero-order valence-electron chi connectivity index (χ0n) is 12.5. The summed E-state index contributed by atoms with van der Waals surface area (Å²) < 4.78 is 5.09. The van der Waals surface area contributed by atoms with Gasteiger partial charge in [0, 0.05) is 24.9 Å². The summed E-state index contributed by atoms with van der Waals surface area (Å²) in [6, 6.07) is 8.06. The molecule has 114 valence electrons. The molecular formula is C15H16N3O4+. The maximum absolute atomic E-state index is 12.5. The predicted octanol–water partition coefficient (Wildman–Crippen LogP) is 2.34. The minimum Gasteiger partial charge on any atom is -0.490 e. The molecule has 0 radical (unpaired) electrons. The van der Waals surface area contributed by atoms with Crippen molar-refractivity contribution in [3.05, 3.63) is 53.2 Å². The molecule has 0 saturated heterocycles. The number of carbonyl (C=O) groups is 1. The molecule has 1 amide bonds. The lowest BCUT2D eigenvalue weighted by Crippen LogP contribution is -2.26. The van der Waals surface area contributed by atoms with Crippen molar-refractivity contribution in [3.63, 3.8) is 0 Å². The Kier molecular flexibility index (Phi) is 4.67. The Bertz CT molecular complexity index is 688. The number of hydrogen-bond donors (Lipinski definition) is 0. The van der Waals surface area contributed by atoms with E-state index in [0.29, 0.717) is 21.9 Å². The molecule has 0 aliphatic heterocycles. The second kappa shape index (κ2) is 6.66. The summed E-state index contributed by atoms with van der Waals surface area (Å²) in [6.45, 7) is 0. The topological polar surface area (TPSA) is 71.7 Å². The van der Waals surface area contributed by atoms with Gasteiger partial charge in [0.25, 0.3) is 10.8 Å². The van der Waals surface area contributed by atoms with Crippen LogP contribution in [-0.4, -0.2) is 37.1 Å². The summed E-state index contributed by atoms with van der Waals surface area (Å²) in [6.07, 6.45) is 3.21. The number of amides is 1. The van der Waals surface area contributed by atoms with Crippen molar-refractivity contribution in [3.8, 4) is 5.75 Å². The molecule has 0 spiro atoms. The lowest BCUT2D eigenvalue weighted by atomic mass is 10.1. The van der Waals surface area contributed by atoms with Crippen LogP contribution < -0.4 is 9.64 Å². The van der Waals surface area contributed by atoms with E-state index in [1.165, 1.54) is 25.2 Å². The van der Waals surface area contributed by atoms with Crippen molar-refractivity contribution in [2.24, 2.45) is 0 Å². The van der Waals surface area contributed by atoms with Crippen LogP contribution in [0.2, 0.25) is 0 Å². The van der Waals surface area contributed by atoms with Gasteiger partial charge in [0.05, 0.1) is 23.9 Å². The number of rotatable bonds is 5. The van der Waals surface area contributed by atoms with Crippen LogP contribution in [0.5, 0.6) is 5.75 Å². The summed E-state index contributed by atoms with van der Waals surface area (Å²) in [4.78, 5) is 34.5. The first-order valence-electron chi connectivity index (χ1n) is 6.46. The highest BCUT2D eigenvalue weighted by molar-refractivity contribution is 6.06. The number of pyridine rings is 1. The average Bonchev–Trinajstić information content (AvgIpc) is 2.59. The molecule has 22 heavy (non-hydrogen) atoms. The first kappa shape index (κ1) is 15.4. The fraction of sp³-hybridized carbons (Fsp3) is 0.200. The molecule has 1 aromatic carbocycles. The van der Waals surface area contributed by atoms with Crippen molar-refractivity contribution in [1.82, 2.24) is 4.98 Å². The maximum Gasteiger partial charge on any atom is 0.358 e. The molecule has 0 saturated carbocycles. The second-order valence-electron chi connectivity index (χ2n) is 4.40. The largest absolute Gasteiger partial charge is 0.490 e. The molecule has 7 nitrogen and oxygen atoms in total. The van der Waals surface area contributed by atoms with Crippen LogP contribution in [0.3, 0.4) is 0 Å². The van der Waals surface area contributed by atoms with E-state index in [4.69, 9.17) is 4.74 Å². The number of ether oxygens (including phenoxy) is 1. The Morgan fingerprint density at radius 3 is 2.64 bits per heavy atom. The van der Waals surface area contributed by atoms with Crippen LogP contribution in [0.1, 0.15) is 10.4 Å². The lowest BCUT2D eigenvalue weighted by molar-refractivity contribution is -0.736.